The molecule has 3 heterocycles. The molecule has 3 atom stereocenters. The second-order valence-corrected chi connectivity index (χ2v) is 8.22. The Morgan fingerprint density at radius 2 is 2.11 bits per heavy atom. The third-order valence-electron chi connectivity index (χ3n) is 4.97. The van der Waals surface area contributed by atoms with Gasteiger partial charge in [0.1, 0.15) is 0 Å². The van der Waals surface area contributed by atoms with Gasteiger partial charge in [0.15, 0.2) is 0 Å². The lowest BCUT2D eigenvalue weighted by atomic mass is 9.86. The minimum absolute atomic E-state index is 0.545. The summed E-state index contributed by atoms with van der Waals surface area (Å²) in [7, 11) is 0. The van der Waals surface area contributed by atoms with Crippen LogP contribution in [0.25, 0.3) is 0 Å². The first-order valence-electron chi connectivity index (χ1n) is 7.73. The molecule has 18 heavy (non-hydrogen) atoms. The molecule has 3 saturated heterocycles. The van der Waals surface area contributed by atoms with Crippen LogP contribution in [0.2, 0.25) is 0 Å². The van der Waals surface area contributed by atoms with E-state index in [1.165, 1.54) is 56.7 Å². The van der Waals surface area contributed by atoms with Gasteiger partial charge < -0.3 is 5.32 Å². The van der Waals surface area contributed by atoms with Crippen LogP contribution >= 0.6 is 11.8 Å². The standard InChI is InChI=1S/C15H28N2S/c1-15(2)9-12(10-18-11-15)17-8-4-6-14(17)13-5-3-7-16-13/h12-14,16H,3-11H2,1-2H3. The maximum Gasteiger partial charge on any atom is 0.0253 e. The second kappa shape index (κ2) is 5.34. The Balaban J connectivity index is 1.66. The summed E-state index contributed by atoms with van der Waals surface area (Å²) in [4.78, 5) is 2.87. The van der Waals surface area contributed by atoms with Crippen molar-refractivity contribution in [3.63, 3.8) is 0 Å². The van der Waals surface area contributed by atoms with Crippen molar-refractivity contribution >= 4 is 11.8 Å². The quantitative estimate of drug-likeness (QED) is 0.829. The normalized spacial score (nSPS) is 41.3. The predicted molar refractivity (Wildman–Crippen MR) is 80.3 cm³/mol. The molecule has 0 amide bonds. The van der Waals surface area contributed by atoms with E-state index in [-0.39, 0.29) is 0 Å². The molecule has 3 unspecified atom stereocenters. The topological polar surface area (TPSA) is 15.3 Å². The summed E-state index contributed by atoms with van der Waals surface area (Å²) in [5.74, 6) is 2.72. The highest BCUT2D eigenvalue weighted by molar-refractivity contribution is 7.99. The summed E-state index contributed by atoms with van der Waals surface area (Å²) in [6.07, 6.45) is 7.05. The molecule has 3 aliphatic heterocycles. The van der Waals surface area contributed by atoms with Gasteiger partial charge in [-0.25, -0.2) is 0 Å². The third kappa shape index (κ3) is 2.73. The van der Waals surface area contributed by atoms with Gasteiger partial charge in [0, 0.05) is 23.9 Å². The fourth-order valence-corrected chi connectivity index (χ4v) is 5.55. The molecular weight excluding hydrogens is 240 g/mol. The van der Waals surface area contributed by atoms with E-state index in [1.54, 1.807) is 0 Å². The molecule has 1 N–H and O–H groups in total. The third-order valence-corrected chi connectivity index (χ3v) is 6.57. The van der Waals surface area contributed by atoms with E-state index in [2.05, 4.69) is 35.8 Å². The Hall–Kier alpha value is 0.270. The molecule has 2 nitrogen and oxygen atoms in total. The van der Waals surface area contributed by atoms with Crippen molar-refractivity contribution in [1.29, 1.82) is 0 Å². The average Bonchev–Trinajstić information content (AvgIpc) is 2.98. The van der Waals surface area contributed by atoms with E-state index in [1.807, 2.05) is 0 Å². The van der Waals surface area contributed by atoms with Crippen LogP contribution in [0.15, 0.2) is 0 Å². The lowest BCUT2D eigenvalue weighted by Gasteiger charge is -2.43. The predicted octanol–water partition coefficient (Wildman–Crippen LogP) is 2.73. The Kier molecular flexibility index (Phi) is 3.93. The van der Waals surface area contributed by atoms with Crippen molar-refractivity contribution in [3.8, 4) is 0 Å². The number of nitrogens with zero attached hydrogens (tertiary/aromatic N) is 1. The number of nitrogens with one attached hydrogen (secondary N) is 1. The van der Waals surface area contributed by atoms with Crippen molar-refractivity contribution in [1.82, 2.24) is 10.2 Å². The summed E-state index contributed by atoms with van der Waals surface area (Å²) in [5, 5.41) is 3.74. The summed E-state index contributed by atoms with van der Waals surface area (Å²) < 4.78 is 0. The molecule has 3 fully saturated rings. The maximum atomic E-state index is 3.74. The van der Waals surface area contributed by atoms with Crippen molar-refractivity contribution in [3.05, 3.63) is 0 Å². The van der Waals surface area contributed by atoms with E-state index < -0.39 is 0 Å². The second-order valence-electron chi connectivity index (χ2n) is 7.19. The number of rotatable bonds is 2. The van der Waals surface area contributed by atoms with Crippen molar-refractivity contribution in [2.45, 2.75) is 64.1 Å². The highest BCUT2D eigenvalue weighted by atomic mass is 32.2. The highest BCUT2D eigenvalue weighted by Gasteiger charge is 2.40. The largest absolute Gasteiger partial charge is 0.312 e. The first-order chi connectivity index (χ1) is 8.66. The smallest absolute Gasteiger partial charge is 0.0253 e. The van der Waals surface area contributed by atoms with Crippen molar-refractivity contribution < 1.29 is 0 Å². The van der Waals surface area contributed by atoms with Crippen LogP contribution < -0.4 is 5.32 Å². The van der Waals surface area contributed by atoms with Crippen molar-refractivity contribution in [2.75, 3.05) is 24.6 Å². The number of likely N-dealkylation sites (tertiary alicyclic amines) is 1. The lowest BCUT2D eigenvalue weighted by molar-refractivity contribution is 0.127. The zero-order chi connectivity index (χ0) is 12.6. The Morgan fingerprint density at radius 1 is 1.22 bits per heavy atom. The highest BCUT2D eigenvalue weighted by Crippen LogP contribution is 2.38. The first kappa shape index (κ1) is 13.3. The van der Waals surface area contributed by atoms with E-state index in [9.17, 15) is 0 Å². The zero-order valence-corrected chi connectivity index (χ0v) is 12.8. The van der Waals surface area contributed by atoms with Gasteiger partial charge in [0.2, 0.25) is 0 Å². The van der Waals surface area contributed by atoms with Gasteiger partial charge in [0.25, 0.3) is 0 Å². The Morgan fingerprint density at radius 3 is 2.83 bits per heavy atom. The van der Waals surface area contributed by atoms with Crippen molar-refractivity contribution in [2.24, 2.45) is 5.41 Å². The van der Waals surface area contributed by atoms with Gasteiger partial charge in [-0.15, -0.1) is 0 Å². The van der Waals surface area contributed by atoms with E-state index in [4.69, 9.17) is 0 Å². The SMILES string of the molecule is CC1(C)CSCC(N2CCCC2C2CCCN2)C1. The summed E-state index contributed by atoms with van der Waals surface area (Å²) >= 11 is 2.18. The average molecular weight is 268 g/mol. The number of hydrogen-bond donors (Lipinski definition) is 1. The lowest BCUT2D eigenvalue weighted by Crippen LogP contribution is -2.51. The summed E-state index contributed by atoms with van der Waals surface area (Å²) in [6, 6.07) is 2.48. The molecule has 0 radical (unpaired) electrons. The monoisotopic (exact) mass is 268 g/mol. The molecule has 3 aliphatic rings. The van der Waals surface area contributed by atoms with E-state index in [0.717, 1.165) is 18.1 Å². The molecule has 0 aromatic carbocycles. The maximum absolute atomic E-state index is 3.74. The molecular formula is C15H28N2S. The minimum atomic E-state index is 0.545. The molecule has 0 aromatic heterocycles. The van der Waals surface area contributed by atoms with Crippen LogP contribution in [0.4, 0.5) is 0 Å². The van der Waals surface area contributed by atoms with Gasteiger partial charge in [-0.1, -0.05) is 13.8 Å². The molecule has 0 spiro atoms. The van der Waals surface area contributed by atoms with Crippen LogP contribution in [-0.4, -0.2) is 47.6 Å². The van der Waals surface area contributed by atoms with Gasteiger partial charge in [0.05, 0.1) is 0 Å². The molecule has 0 bridgehead atoms. The van der Waals surface area contributed by atoms with Crippen LogP contribution in [0.5, 0.6) is 0 Å². The molecule has 3 heteroatoms. The molecule has 0 saturated carbocycles. The van der Waals surface area contributed by atoms with Crippen LogP contribution in [0.3, 0.4) is 0 Å². The Labute approximate surface area is 116 Å². The number of thioether (sulfide) groups is 1. The van der Waals surface area contributed by atoms with Crippen LogP contribution in [0.1, 0.15) is 46.0 Å². The fourth-order valence-electron chi connectivity index (χ4n) is 4.18. The van der Waals surface area contributed by atoms with Crippen LogP contribution in [0, 0.1) is 5.41 Å². The molecule has 0 aromatic rings. The van der Waals surface area contributed by atoms with Gasteiger partial charge in [-0.2, -0.15) is 11.8 Å². The van der Waals surface area contributed by atoms with Crippen LogP contribution in [-0.2, 0) is 0 Å². The number of hydrogen-bond acceptors (Lipinski definition) is 3. The van der Waals surface area contributed by atoms with E-state index >= 15 is 0 Å². The molecule has 104 valence electrons. The minimum Gasteiger partial charge on any atom is -0.312 e. The van der Waals surface area contributed by atoms with Gasteiger partial charge in [-0.3, -0.25) is 4.90 Å². The first-order valence-corrected chi connectivity index (χ1v) is 8.88. The molecule has 3 rings (SSSR count). The van der Waals surface area contributed by atoms with Gasteiger partial charge in [-0.05, 0) is 56.4 Å². The molecule has 0 aliphatic carbocycles. The van der Waals surface area contributed by atoms with E-state index in [0.29, 0.717) is 5.41 Å². The zero-order valence-electron chi connectivity index (χ0n) is 12.0. The fraction of sp³-hybridized carbons (Fsp3) is 1.00. The summed E-state index contributed by atoms with van der Waals surface area (Å²) in [6.45, 7) is 7.50. The Bertz CT molecular complexity index is 286. The summed E-state index contributed by atoms with van der Waals surface area (Å²) in [5.41, 5.74) is 0.545. The van der Waals surface area contributed by atoms with Gasteiger partial charge >= 0.3 is 0 Å².